The lowest BCUT2D eigenvalue weighted by atomic mass is 9.94. The quantitative estimate of drug-likeness (QED) is 0.237. The third-order valence-electron chi connectivity index (χ3n) is 6.43. The van der Waals surface area contributed by atoms with Crippen LogP contribution >= 0.6 is 0 Å². The number of hydrogen-bond donors (Lipinski definition) is 1. The Balaban J connectivity index is 1.92. The average molecular weight is 533 g/mol. The first-order valence-corrected chi connectivity index (χ1v) is 12.4. The van der Waals surface area contributed by atoms with Crippen molar-refractivity contribution in [1.29, 1.82) is 0 Å². The zero-order valence-corrected chi connectivity index (χ0v) is 22.8. The van der Waals surface area contributed by atoms with Gasteiger partial charge in [-0.2, -0.15) is 0 Å². The molecule has 1 aromatic heterocycles. The lowest BCUT2D eigenvalue weighted by Gasteiger charge is -2.26. The molecule has 9 heteroatoms. The number of benzene rings is 2. The Hall–Kier alpha value is -4.53. The van der Waals surface area contributed by atoms with Gasteiger partial charge >= 0.3 is 0 Å². The minimum absolute atomic E-state index is 0.0269. The molecule has 0 spiro atoms. The van der Waals surface area contributed by atoms with E-state index in [1.807, 2.05) is 26.8 Å². The second-order valence-electron chi connectivity index (χ2n) is 9.39. The van der Waals surface area contributed by atoms with Gasteiger partial charge in [-0.3, -0.25) is 14.6 Å². The van der Waals surface area contributed by atoms with Gasteiger partial charge in [0.2, 0.25) is 5.75 Å². The molecular weight excluding hydrogens is 500 g/mol. The number of carbonyl (C=O) groups is 2. The van der Waals surface area contributed by atoms with E-state index < -0.39 is 17.7 Å². The molecule has 9 nitrogen and oxygen atoms in total. The lowest BCUT2D eigenvalue weighted by Crippen LogP contribution is -2.29. The van der Waals surface area contributed by atoms with Crippen LogP contribution in [0.3, 0.4) is 0 Å². The van der Waals surface area contributed by atoms with Crippen LogP contribution in [0.25, 0.3) is 5.76 Å². The fourth-order valence-electron chi connectivity index (χ4n) is 4.68. The Morgan fingerprint density at radius 3 is 2.23 bits per heavy atom. The lowest BCUT2D eigenvalue weighted by molar-refractivity contribution is -0.140. The SMILES string of the molecule is COc1cc(C2/C(=C(\O)c3ccc(OC(C)C)c(C)c3)C(=O)C(=O)N2Cc2cccnc2)cc(OC)c1OC. The maximum absolute atomic E-state index is 13.5. The Morgan fingerprint density at radius 2 is 1.69 bits per heavy atom. The number of nitrogens with zero attached hydrogens (tertiary/aromatic N) is 2. The predicted octanol–water partition coefficient (Wildman–Crippen LogP) is 4.82. The van der Waals surface area contributed by atoms with E-state index in [9.17, 15) is 14.7 Å². The Labute approximate surface area is 227 Å². The third-order valence-corrected chi connectivity index (χ3v) is 6.43. The van der Waals surface area contributed by atoms with Gasteiger partial charge in [-0.1, -0.05) is 6.07 Å². The van der Waals surface area contributed by atoms with Crippen LogP contribution in [0.5, 0.6) is 23.0 Å². The van der Waals surface area contributed by atoms with Gasteiger partial charge in [0.25, 0.3) is 11.7 Å². The van der Waals surface area contributed by atoms with E-state index >= 15 is 0 Å². The first kappa shape index (κ1) is 27.5. The topological polar surface area (TPSA) is 107 Å². The number of aryl methyl sites for hydroxylation is 1. The molecule has 0 saturated carbocycles. The van der Waals surface area contributed by atoms with E-state index in [2.05, 4.69) is 4.98 Å². The monoisotopic (exact) mass is 532 g/mol. The van der Waals surface area contributed by atoms with Crippen molar-refractivity contribution in [1.82, 2.24) is 9.88 Å². The number of ketones is 1. The molecule has 1 saturated heterocycles. The average Bonchev–Trinajstić information content (AvgIpc) is 3.18. The van der Waals surface area contributed by atoms with Gasteiger partial charge < -0.3 is 29.0 Å². The summed E-state index contributed by atoms with van der Waals surface area (Å²) in [5, 5.41) is 11.5. The number of ether oxygens (including phenoxy) is 4. The number of carbonyl (C=O) groups excluding carboxylic acids is 2. The molecule has 39 heavy (non-hydrogen) atoms. The molecule has 0 aliphatic carbocycles. The number of rotatable bonds is 9. The third kappa shape index (κ3) is 5.38. The predicted molar refractivity (Wildman–Crippen MR) is 145 cm³/mol. The highest BCUT2D eigenvalue weighted by atomic mass is 16.5. The molecule has 204 valence electrons. The molecule has 1 N–H and O–H groups in total. The van der Waals surface area contributed by atoms with E-state index in [-0.39, 0.29) is 24.0 Å². The van der Waals surface area contributed by atoms with Crippen molar-refractivity contribution in [3.05, 3.63) is 82.7 Å². The first-order valence-electron chi connectivity index (χ1n) is 12.4. The summed E-state index contributed by atoms with van der Waals surface area (Å²) in [5.74, 6) is -0.0929. The van der Waals surface area contributed by atoms with Crippen LogP contribution in [-0.4, -0.2) is 54.1 Å². The highest BCUT2D eigenvalue weighted by Gasteiger charge is 2.46. The summed E-state index contributed by atoms with van der Waals surface area (Å²) < 4.78 is 22.3. The minimum Gasteiger partial charge on any atom is -0.507 e. The van der Waals surface area contributed by atoms with E-state index in [1.165, 1.54) is 26.2 Å². The summed E-state index contributed by atoms with van der Waals surface area (Å²) in [6.45, 7) is 5.80. The van der Waals surface area contributed by atoms with Gasteiger partial charge in [-0.05, 0) is 73.9 Å². The van der Waals surface area contributed by atoms with Crippen molar-refractivity contribution in [2.75, 3.05) is 21.3 Å². The summed E-state index contributed by atoms with van der Waals surface area (Å²) >= 11 is 0. The number of Topliss-reactive ketones (excluding diaryl/α,β-unsaturated/α-hetero) is 1. The molecule has 1 atom stereocenters. The normalized spacial score (nSPS) is 16.5. The minimum atomic E-state index is -0.939. The number of aliphatic hydroxyl groups excluding tert-OH is 1. The standard InChI is InChI=1S/C30H32N2O7/c1-17(2)39-22-10-9-20(12-18(22)3)27(33)25-26(21-13-23(36-4)29(38-6)24(14-21)37-5)32(30(35)28(25)34)16-19-8-7-11-31-15-19/h7-15,17,26,33H,16H2,1-6H3/b27-25+. The van der Waals surface area contributed by atoms with Crippen molar-refractivity contribution in [2.24, 2.45) is 0 Å². The van der Waals surface area contributed by atoms with Gasteiger partial charge in [-0.25, -0.2) is 0 Å². The summed E-state index contributed by atoms with van der Waals surface area (Å²) in [7, 11) is 4.46. The van der Waals surface area contributed by atoms with Crippen molar-refractivity contribution in [3.63, 3.8) is 0 Å². The van der Waals surface area contributed by atoms with Crippen LogP contribution < -0.4 is 18.9 Å². The first-order chi connectivity index (χ1) is 18.7. The smallest absolute Gasteiger partial charge is 0.295 e. The highest BCUT2D eigenvalue weighted by Crippen LogP contribution is 2.46. The van der Waals surface area contributed by atoms with Gasteiger partial charge in [0.15, 0.2) is 11.5 Å². The molecule has 1 unspecified atom stereocenters. The van der Waals surface area contributed by atoms with Crippen LogP contribution in [0.2, 0.25) is 0 Å². The zero-order valence-electron chi connectivity index (χ0n) is 22.8. The van der Waals surface area contributed by atoms with Crippen LogP contribution in [0.15, 0.2) is 60.4 Å². The van der Waals surface area contributed by atoms with E-state index in [0.717, 1.165) is 11.1 Å². The summed E-state index contributed by atoms with van der Waals surface area (Å²) in [6.07, 6.45) is 3.23. The van der Waals surface area contributed by atoms with Crippen molar-refractivity contribution < 1.29 is 33.6 Å². The molecule has 1 aliphatic rings. The maximum atomic E-state index is 13.5. The number of methoxy groups -OCH3 is 3. The number of pyridine rings is 1. The summed E-state index contributed by atoms with van der Waals surface area (Å²) in [4.78, 5) is 32.5. The van der Waals surface area contributed by atoms with E-state index in [1.54, 1.807) is 48.8 Å². The fraction of sp³-hybridized carbons (Fsp3) is 0.300. The number of aromatic nitrogens is 1. The maximum Gasteiger partial charge on any atom is 0.295 e. The Kier molecular flexibility index (Phi) is 8.09. The van der Waals surface area contributed by atoms with Crippen molar-refractivity contribution in [2.45, 2.75) is 39.5 Å². The van der Waals surface area contributed by atoms with Crippen LogP contribution in [0.1, 0.15) is 42.1 Å². The second-order valence-corrected chi connectivity index (χ2v) is 9.39. The number of aliphatic hydroxyl groups is 1. The zero-order chi connectivity index (χ0) is 28.3. The molecule has 0 bridgehead atoms. The van der Waals surface area contributed by atoms with E-state index in [4.69, 9.17) is 18.9 Å². The van der Waals surface area contributed by atoms with Gasteiger partial charge in [0.05, 0.1) is 39.0 Å². The molecule has 0 radical (unpaired) electrons. The highest BCUT2D eigenvalue weighted by molar-refractivity contribution is 6.46. The summed E-state index contributed by atoms with van der Waals surface area (Å²) in [6, 6.07) is 11.1. The molecule has 1 fully saturated rings. The molecule has 2 heterocycles. The second kappa shape index (κ2) is 11.5. The van der Waals surface area contributed by atoms with Gasteiger partial charge in [-0.15, -0.1) is 0 Å². The van der Waals surface area contributed by atoms with Gasteiger partial charge in [0.1, 0.15) is 11.5 Å². The van der Waals surface area contributed by atoms with Crippen LogP contribution in [-0.2, 0) is 16.1 Å². The van der Waals surface area contributed by atoms with E-state index in [0.29, 0.717) is 34.1 Å². The molecule has 2 aromatic carbocycles. The molecule has 4 rings (SSSR count). The number of amides is 1. The van der Waals surface area contributed by atoms with Crippen molar-refractivity contribution >= 4 is 17.4 Å². The molecule has 1 aliphatic heterocycles. The number of likely N-dealkylation sites (tertiary alicyclic amines) is 1. The molecule has 3 aromatic rings. The largest absolute Gasteiger partial charge is 0.507 e. The number of hydrogen-bond acceptors (Lipinski definition) is 8. The fourth-order valence-corrected chi connectivity index (χ4v) is 4.68. The van der Waals surface area contributed by atoms with Crippen LogP contribution in [0.4, 0.5) is 0 Å². The Bertz CT molecular complexity index is 1390. The summed E-state index contributed by atoms with van der Waals surface area (Å²) in [5.41, 5.74) is 2.35. The van der Waals surface area contributed by atoms with Crippen molar-refractivity contribution in [3.8, 4) is 23.0 Å². The molecular formula is C30H32N2O7. The van der Waals surface area contributed by atoms with Gasteiger partial charge in [0, 0.05) is 24.5 Å². The van der Waals surface area contributed by atoms with Crippen LogP contribution in [0, 0.1) is 6.92 Å². The Morgan fingerprint density at radius 1 is 1.00 bits per heavy atom. The molecule has 1 amide bonds.